The van der Waals surface area contributed by atoms with Gasteiger partial charge in [-0.05, 0) is 25.1 Å². The number of fused-ring (bicyclic) bond motifs is 1. The van der Waals surface area contributed by atoms with Crippen molar-refractivity contribution < 1.29 is 28.6 Å². The minimum Gasteiger partial charge on any atom is -0.478 e. The Hall–Kier alpha value is -2.96. The maximum Gasteiger partial charge on any atom is 0.339 e. The number of hydrogen-bond acceptors (Lipinski definition) is 5. The minimum absolute atomic E-state index is 0.0860. The summed E-state index contributed by atoms with van der Waals surface area (Å²) in [6, 6.07) is 6.53. The molecule has 1 aliphatic rings. The Morgan fingerprint density at radius 1 is 1.26 bits per heavy atom. The summed E-state index contributed by atoms with van der Waals surface area (Å²) in [6.07, 6.45) is 0. The highest BCUT2D eigenvalue weighted by molar-refractivity contribution is 5.97. The Kier molecular flexibility index (Phi) is 3.69. The maximum atomic E-state index is 12.6. The molecule has 0 spiro atoms. The molecule has 0 atom stereocenters. The van der Waals surface area contributed by atoms with Gasteiger partial charge in [-0.2, -0.15) is 0 Å². The number of aryl methyl sites for hydroxylation is 1. The van der Waals surface area contributed by atoms with Crippen molar-refractivity contribution in [2.75, 3.05) is 13.8 Å². The van der Waals surface area contributed by atoms with E-state index in [0.29, 0.717) is 28.6 Å². The molecule has 2 heterocycles. The summed E-state index contributed by atoms with van der Waals surface area (Å²) in [7, 11) is 1.61. The third-order valence-corrected chi connectivity index (χ3v) is 3.57. The standard InChI is InChI=1S/C16H15NO6/c1-9-12(16(19)20)6-10(23-9)7-17(2)15(18)11-4-3-5-13-14(11)22-8-21-13/h3-6H,7-8H2,1-2H3,(H,19,20). The molecular formula is C16H15NO6. The van der Waals surface area contributed by atoms with E-state index in [1.165, 1.54) is 11.0 Å². The highest BCUT2D eigenvalue weighted by atomic mass is 16.7. The molecule has 0 aliphatic carbocycles. The largest absolute Gasteiger partial charge is 0.478 e. The normalized spacial score (nSPS) is 12.3. The first-order valence-corrected chi connectivity index (χ1v) is 6.94. The lowest BCUT2D eigenvalue weighted by Gasteiger charge is -2.16. The fourth-order valence-corrected chi connectivity index (χ4v) is 2.44. The van der Waals surface area contributed by atoms with E-state index in [9.17, 15) is 9.59 Å². The summed E-state index contributed by atoms with van der Waals surface area (Å²) >= 11 is 0. The average Bonchev–Trinajstić information content (AvgIpc) is 3.12. The molecule has 1 N–H and O–H groups in total. The van der Waals surface area contributed by atoms with Gasteiger partial charge in [0.2, 0.25) is 6.79 Å². The van der Waals surface area contributed by atoms with Crippen molar-refractivity contribution in [1.29, 1.82) is 0 Å². The molecule has 2 aromatic rings. The van der Waals surface area contributed by atoms with Gasteiger partial charge in [-0.15, -0.1) is 0 Å². The molecule has 0 saturated heterocycles. The molecule has 3 rings (SSSR count). The highest BCUT2D eigenvalue weighted by Gasteiger charge is 2.25. The zero-order chi connectivity index (χ0) is 16.6. The van der Waals surface area contributed by atoms with Gasteiger partial charge in [-0.3, -0.25) is 4.79 Å². The molecule has 0 saturated carbocycles. The zero-order valence-corrected chi connectivity index (χ0v) is 12.7. The van der Waals surface area contributed by atoms with Crippen LogP contribution in [0, 0.1) is 6.92 Å². The third-order valence-electron chi connectivity index (χ3n) is 3.57. The van der Waals surface area contributed by atoms with Crippen LogP contribution in [0.2, 0.25) is 0 Å². The number of ether oxygens (including phenoxy) is 2. The number of nitrogens with zero attached hydrogens (tertiary/aromatic N) is 1. The molecule has 23 heavy (non-hydrogen) atoms. The van der Waals surface area contributed by atoms with E-state index >= 15 is 0 Å². The second-order valence-corrected chi connectivity index (χ2v) is 5.19. The monoisotopic (exact) mass is 317 g/mol. The lowest BCUT2D eigenvalue weighted by Crippen LogP contribution is -2.26. The fourth-order valence-electron chi connectivity index (χ4n) is 2.44. The lowest BCUT2D eigenvalue weighted by atomic mass is 10.1. The van der Waals surface area contributed by atoms with Crippen LogP contribution >= 0.6 is 0 Å². The number of furan rings is 1. The van der Waals surface area contributed by atoms with Gasteiger partial charge in [-0.25, -0.2) is 4.79 Å². The summed E-state index contributed by atoms with van der Waals surface area (Å²) in [4.78, 5) is 25.0. The van der Waals surface area contributed by atoms with E-state index < -0.39 is 5.97 Å². The molecule has 7 heteroatoms. The van der Waals surface area contributed by atoms with Crippen molar-refractivity contribution in [3.05, 3.63) is 46.9 Å². The van der Waals surface area contributed by atoms with Gasteiger partial charge in [0.05, 0.1) is 12.1 Å². The van der Waals surface area contributed by atoms with Crippen LogP contribution in [-0.4, -0.2) is 35.7 Å². The second-order valence-electron chi connectivity index (χ2n) is 5.19. The number of carbonyl (C=O) groups is 2. The van der Waals surface area contributed by atoms with E-state index in [1.807, 2.05) is 0 Å². The Labute approximate surface area is 132 Å². The van der Waals surface area contributed by atoms with Crippen molar-refractivity contribution in [1.82, 2.24) is 4.90 Å². The van der Waals surface area contributed by atoms with Crippen LogP contribution in [0.4, 0.5) is 0 Å². The predicted octanol–water partition coefficient (Wildman–Crippen LogP) is 2.29. The van der Waals surface area contributed by atoms with E-state index in [4.69, 9.17) is 19.0 Å². The number of carboxylic acids is 1. The summed E-state index contributed by atoms with van der Waals surface area (Å²) in [5, 5.41) is 9.04. The number of para-hydroxylation sites is 1. The quantitative estimate of drug-likeness (QED) is 0.930. The summed E-state index contributed by atoms with van der Waals surface area (Å²) in [5.41, 5.74) is 0.488. The summed E-state index contributed by atoms with van der Waals surface area (Å²) in [6.45, 7) is 1.81. The predicted molar refractivity (Wildman–Crippen MR) is 78.8 cm³/mol. The lowest BCUT2D eigenvalue weighted by molar-refractivity contribution is 0.0694. The Morgan fingerprint density at radius 3 is 2.74 bits per heavy atom. The molecule has 0 bridgehead atoms. The van der Waals surface area contributed by atoms with Crippen LogP contribution in [0.15, 0.2) is 28.7 Å². The van der Waals surface area contributed by atoms with Gasteiger partial charge in [0.15, 0.2) is 11.5 Å². The van der Waals surface area contributed by atoms with Gasteiger partial charge in [0, 0.05) is 7.05 Å². The number of hydrogen-bond donors (Lipinski definition) is 1. The summed E-state index contributed by atoms with van der Waals surface area (Å²) in [5.74, 6) is 0.347. The molecule has 0 radical (unpaired) electrons. The van der Waals surface area contributed by atoms with E-state index in [-0.39, 0.29) is 24.8 Å². The number of benzene rings is 1. The van der Waals surface area contributed by atoms with Gasteiger partial charge in [0.25, 0.3) is 5.91 Å². The van der Waals surface area contributed by atoms with Crippen LogP contribution in [0.3, 0.4) is 0 Å². The summed E-state index contributed by atoms with van der Waals surface area (Å²) < 4.78 is 16.0. The van der Waals surface area contributed by atoms with E-state index in [0.717, 1.165) is 0 Å². The van der Waals surface area contributed by atoms with E-state index in [1.54, 1.807) is 32.2 Å². The minimum atomic E-state index is -1.06. The van der Waals surface area contributed by atoms with Gasteiger partial charge < -0.3 is 23.9 Å². The molecular weight excluding hydrogens is 302 g/mol. The number of amides is 1. The molecule has 1 amide bonds. The van der Waals surface area contributed by atoms with Crippen LogP contribution < -0.4 is 9.47 Å². The first-order valence-electron chi connectivity index (χ1n) is 6.94. The van der Waals surface area contributed by atoms with Crippen molar-refractivity contribution in [2.24, 2.45) is 0 Å². The van der Waals surface area contributed by atoms with Crippen molar-refractivity contribution in [3.8, 4) is 11.5 Å². The molecule has 1 aromatic heterocycles. The van der Waals surface area contributed by atoms with Crippen LogP contribution in [0.1, 0.15) is 32.2 Å². The molecule has 1 aliphatic heterocycles. The number of rotatable bonds is 4. The molecule has 0 unspecified atom stereocenters. The first kappa shape index (κ1) is 15.0. The van der Waals surface area contributed by atoms with Crippen molar-refractivity contribution >= 4 is 11.9 Å². The van der Waals surface area contributed by atoms with Gasteiger partial charge in [-0.1, -0.05) is 6.07 Å². The van der Waals surface area contributed by atoms with Gasteiger partial charge in [0.1, 0.15) is 17.1 Å². The van der Waals surface area contributed by atoms with Crippen LogP contribution in [0.5, 0.6) is 11.5 Å². The molecule has 1 aromatic carbocycles. The second kappa shape index (κ2) is 5.68. The Balaban J connectivity index is 1.80. The van der Waals surface area contributed by atoms with Gasteiger partial charge >= 0.3 is 5.97 Å². The van der Waals surface area contributed by atoms with Crippen molar-refractivity contribution in [2.45, 2.75) is 13.5 Å². The third kappa shape index (κ3) is 2.73. The Morgan fingerprint density at radius 2 is 2.04 bits per heavy atom. The Bertz CT molecular complexity index is 779. The molecule has 7 nitrogen and oxygen atoms in total. The first-order chi connectivity index (χ1) is 11.0. The highest BCUT2D eigenvalue weighted by Crippen LogP contribution is 2.35. The van der Waals surface area contributed by atoms with Crippen molar-refractivity contribution in [3.63, 3.8) is 0 Å². The number of carboxylic acid groups (broad SMARTS) is 1. The van der Waals surface area contributed by atoms with Crippen LogP contribution in [0.25, 0.3) is 0 Å². The van der Waals surface area contributed by atoms with Crippen LogP contribution in [-0.2, 0) is 6.54 Å². The zero-order valence-electron chi connectivity index (χ0n) is 12.7. The smallest absolute Gasteiger partial charge is 0.339 e. The van der Waals surface area contributed by atoms with E-state index in [2.05, 4.69) is 0 Å². The topological polar surface area (TPSA) is 89.2 Å². The maximum absolute atomic E-state index is 12.6. The number of aromatic carboxylic acids is 1. The fraction of sp³-hybridized carbons (Fsp3) is 0.250. The molecule has 120 valence electrons. The average molecular weight is 317 g/mol. The molecule has 0 fully saturated rings. The SMILES string of the molecule is Cc1oc(CN(C)C(=O)c2cccc3c2OCO3)cc1C(=O)O. The number of carbonyl (C=O) groups excluding carboxylic acids is 1.